The van der Waals surface area contributed by atoms with Gasteiger partial charge in [-0.2, -0.15) is 0 Å². The molecule has 0 radical (unpaired) electrons. The highest BCUT2D eigenvalue weighted by Crippen LogP contribution is 2.36. The number of halogens is 1. The number of nitrogens with zero attached hydrogens (tertiary/aromatic N) is 1. The third-order valence-corrected chi connectivity index (χ3v) is 4.48. The van der Waals surface area contributed by atoms with Crippen LogP contribution in [0.3, 0.4) is 0 Å². The minimum Gasteiger partial charge on any atom is -0.456 e. The third-order valence-electron chi connectivity index (χ3n) is 4.13. The van der Waals surface area contributed by atoms with E-state index in [2.05, 4.69) is 11.9 Å². The molecular formula is C18H20ClNO2. The van der Waals surface area contributed by atoms with E-state index in [4.69, 9.17) is 16.0 Å². The van der Waals surface area contributed by atoms with Gasteiger partial charge in [-0.3, -0.25) is 4.79 Å². The fraction of sp³-hybridized carbons (Fsp3) is 0.389. The van der Waals surface area contributed by atoms with E-state index in [1.54, 1.807) is 6.08 Å². The quantitative estimate of drug-likeness (QED) is 0.781. The number of hydrogen-bond donors (Lipinski definition) is 0. The highest BCUT2D eigenvalue weighted by molar-refractivity contribution is 6.32. The van der Waals surface area contributed by atoms with E-state index in [9.17, 15) is 4.79 Å². The monoisotopic (exact) mass is 317 g/mol. The Morgan fingerprint density at radius 1 is 1.41 bits per heavy atom. The molecule has 22 heavy (non-hydrogen) atoms. The lowest BCUT2D eigenvalue weighted by Gasteiger charge is -2.12. The molecule has 0 spiro atoms. The number of hydrogen-bond acceptors (Lipinski definition) is 3. The highest BCUT2D eigenvalue weighted by atomic mass is 35.5. The van der Waals surface area contributed by atoms with Crippen LogP contribution in [0.15, 0.2) is 22.6 Å². The Kier molecular flexibility index (Phi) is 4.37. The second-order valence-electron chi connectivity index (χ2n) is 5.88. The van der Waals surface area contributed by atoms with Crippen molar-refractivity contribution in [1.29, 1.82) is 0 Å². The zero-order chi connectivity index (χ0) is 15.7. The van der Waals surface area contributed by atoms with Gasteiger partial charge in [0.2, 0.25) is 0 Å². The van der Waals surface area contributed by atoms with Crippen LogP contribution in [0.4, 0.5) is 0 Å². The van der Waals surface area contributed by atoms with E-state index in [0.29, 0.717) is 6.42 Å². The second kappa shape index (κ2) is 6.27. The van der Waals surface area contributed by atoms with Gasteiger partial charge in [-0.1, -0.05) is 18.5 Å². The van der Waals surface area contributed by atoms with Gasteiger partial charge in [0.25, 0.3) is 0 Å². The number of rotatable bonds is 4. The predicted molar refractivity (Wildman–Crippen MR) is 90.2 cm³/mol. The summed E-state index contributed by atoms with van der Waals surface area (Å²) < 4.78 is 5.97. The van der Waals surface area contributed by atoms with Gasteiger partial charge in [0, 0.05) is 35.5 Å². The molecule has 3 nitrogen and oxygen atoms in total. The van der Waals surface area contributed by atoms with Gasteiger partial charge in [-0.05, 0) is 49.7 Å². The smallest absolute Gasteiger partial charge is 0.155 e. The molecule has 0 N–H and O–H groups in total. The van der Waals surface area contributed by atoms with Crippen LogP contribution in [-0.2, 0) is 17.8 Å². The van der Waals surface area contributed by atoms with Crippen molar-refractivity contribution < 1.29 is 9.21 Å². The molecule has 2 aromatic rings. The molecule has 0 fully saturated rings. The summed E-state index contributed by atoms with van der Waals surface area (Å²) in [5, 5.41) is 1.92. The lowest BCUT2D eigenvalue weighted by Crippen LogP contribution is -2.18. The molecule has 0 atom stereocenters. The van der Waals surface area contributed by atoms with Crippen molar-refractivity contribution >= 4 is 34.4 Å². The normalized spacial score (nSPS) is 15.6. The van der Waals surface area contributed by atoms with E-state index >= 15 is 0 Å². The molecule has 1 aliphatic rings. The molecule has 0 saturated carbocycles. The highest BCUT2D eigenvalue weighted by Gasteiger charge is 2.22. The zero-order valence-electron chi connectivity index (χ0n) is 13.0. The number of furan rings is 1. The molecule has 0 aliphatic carbocycles. The van der Waals surface area contributed by atoms with Crippen molar-refractivity contribution in [1.82, 2.24) is 4.90 Å². The van der Waals surface area contributed by atoms with Gasteiger partial charge in [0.1, 0.15) is 11.3 Å². The molecule has 1 aromatic carbocycles. The molecule has 0 unspecified atom stereocenters. The SMILES string of the molecule is CCCC(=O)C=Cc1oc2ccc(Cl)c3c2c1CN(C)CC3. The summed E-state index contributed by atoms with van der Waals surface area (Å²) in [6.07, 6.45) is 5.78. The van der Waals surface area contributed by atoms with Gasteiger partial charge < -0.3 is 9.32 Å². The van der Waals surface area contributed by atoms with Crippen molar-refractivity contribution in [3.05, 3.63) is 40.1 Å². The van der Waals surface area contributed by atoms with Gasteiger partial charge in [0.05, 0.1) is 0 Å². The van der Waals surface area contributed by atoms with Gasteiger partial charge in [-0.25, -0.2) is 0 Å². The summed E-state index contributed by atoms with van der Waals surface area (Å²) in [5.74, 6) is 0.909. The van der Waals surface area contributed by atoms with Crippen LogP contribution < -0.4 is 0 Å². The van der Waals surface area contributed by atoms with Crippen LogP contribution in [0, 0.1) is 0 Å². The molecule has 0 amide bonds. The Morgan fingerprint density at radius 2 is 2.23 bits per heavy atom. The first-order valence-corrected chi connectivity index (χ1v) is 8.10. The first-order valence-electron chi connectivity index (χ1n) is 7.72. The molecule has 0 bridgehead atoms. The average molecular weight is 318 g/mol. The third kappa shape index (κ3) is 2.83. The minimum absolute atomic E-state index is 0.135. The molecule has 1 aliphatic heterocycles. The standard InChI is InChI=1S/C18H20ClNO2/c1-3-4-12(21)5-7-16-14-11-20(2)10-9-13-15(19)6-8-17(22-16)18(13)14/h5-8H,3-4,9-11H2,1-2H3. The molecule has 3 rings (SSSR count). The molecular weight excluding hydrogens is 298 g/mol. The van der Waals surface area contributed by atoms with Crippen LogP contribution >= 0.6 is 11.6 Å². The summed E-state index contributed by atoms with van der Waals surface area (Å²) in [6.45, 7) is 3.78. The summed E-state index contributed by atoms with van der Waals surface area (Å²) >= 11 is 6.38. The average Bonchev–Trinajstić information content (AvgIpc) is 2.71. The van der Waals surface area contributed by atoms with Crippen LogP contribution in [0.5, 0.6) is 0 Å². The van der Waals surface area contributed by atoms with Crippen molar-refractivity contribution in [3.8, 4) is 0 Å². The number of allylic oxidation sites excluding steroid dienone is 1. The first-order chi connectivity index (χ1) is 10.6. The maximum atomic E-state index is 11.7. The van der Waals surface area contributed by atoms with E-state index < -0.39 is 0 Å². The topological polar surface area (TPSA) is 33.5 Å². The van der Waals surface area contributed by atoms with Crippen LogP contribution in [0.25, 0.3) is 17.0 Å². The Balaban J connectivity index is 2.10. The van der Waals surface area contributed by atoms with E-state index in [-0.39, 0.29) is 5.78 Å². The van der Waals surface area contributed by atoms with E-state index in [1.165, 1.54) is 0 Å². The van der Waals surface area contributed by atoms with Crippen molar-refractivity contribution in [2.24, 2.45) is 0 Å². The predicted octanol–water partition coefficient (Wildman–Crippen LogP) is 4.46. The summed E-state index contributed by atoms with van der Waals surface area (Å²) in [4.78, 5) is 14.0. The van der Waals surface area contributed by atoms with E-state index in [0.717, 1.165) is 58.8 Å². The van der Waals surface area contributed by atoms with Gasteiger partial charge in [-0.15, -0.1) is 0 Å². The Bertz CT molecular complexity index is 745. The lowest BCUT2D eigenvalue weighted by molar-refractivity contribution is -0.114. The molecule has 116 valence electrons. The number of ketones is 1. The fourth-order valence-electron chi connectivity index (χ4n) is 3.01. The largest absolute Gasteiger partial charge is 0.456 e. The van der Waals surface area contributed by atoms with Gasteiger partial charge >= 0.3 is 0 Å². The zero-order valence-corrected chi connectivity index (χ0v) is 13.7. The van der Waals surface area contributed by atoms with Crippen LogP contribution in [-0.4, -0.2) is 24.3 Å². The number of benzene rings is 1. The lowest BCUT2D eigenvalue weighted by atomic mass is 10.0. The Hall–Kier alpha value is -1.58. The molecule has 0 saturated heterocycles. The van der Waals surface area contributed by atoms with Crippen LogP contribution in [0.2, 0.25) is 5.02 Å². The number of carbonyl (C=O) groups excluding carboxylic acids is 1. The van der Waals surface area contributed by atoms with Gasteiger partial charge in [0.15, 0.2) is 5.78 Å². The Morgan fingerprint density at radius 3 is 3.00 bits per heavy atom. The second-order valence-corrected chi connectivity index (χ2v) is 6.29. The van der Waals surface area contributed by atoms with Crippen molar-refractivity contribution in [3.63, 3.8) is 0 Å². The van der Waals surface area contributed by atoms with Crippen LogP contribution in [0.1, 0.15) is 36.7 Å². The molecule has 1 aromatic heterocycles. The first kappa shape index (κ1) is 15.3. The van der Waals surface area contributed by atoms with E-state index in [1.807, 2.05) is 25.1 Å². The summed E-state index contributed by atoms with van der Waals surface area (Å²) in [7, 11) is 2.09. The number of likely N-dealkylation sites (N-methyl/N-ethyl adjacent to an activating group) is 1. The number of carbonyl (C=O) groups is 1. The summed E-state index contributed by atoms with van der Waals surface area (Å²) in [5.41, 5.74) is 3.14. The molecule has 2 heterocycles. The molecule has 4 heteroatoms. The van der Waals surface area contributed by atoms with Crippen molar-refractivity contribution in [2.45, 2.75) is 32.7 Å². The summed E-state index contributed by atoms with van der Waals surface area (Å²) in [6, 6.07) is 3.81. The fourth-order valence-corrected chi connectivity index (χ4v) is 3.26. The maximum absolute atomic E-state index is 11.7. The Labute approximate surface area is 135 Å². The van der Waals surface area contributed by atoms with Crippen molar-refractivity contribution in [2.75, 3.05) is 13.6 Å². The minimum atomic E-state index is 0.135. The maximum Gasteiger partial charge on any atom is 0.155 e.